The molecule has 154 valence electrons. The molecule has 2 aromatic heterocycles. The molecule has 2 aliphatic rings. The summed E-state index contributed by atoms with van der Waals surface area (Å²) in [6.45, 7) is 10.6. The van der Waals surface area contributed by atoms with Gasteiger partial charge in [0.15, 0.2) is 0 Å². The molecule has 1 saturated heterocycles. The Morgan fingerprint density at radius 1 is 1.03 bits per heavy atom. The summed E-state index contributed by atoms with van der Waals surface area (Å²) in [5, 5.41) is 3.35. The summed E-state index contributed by atoms with van der Waals surface area (Å²) >= 11 is 0. The Morgan fingerprint density at radius 2 is 1.90 bits per heavy atom. The number of aromatic nitrogens is 2. The van der Waals surface area contributed by atoms with Crippen LogP contribution in [0, 0.1) is 0 Å². The summed E-state index contributed by atoms with van der Waals surface area (Å²) in [6, 6.07) is 15.3. The first-order valence-corrected chi connectivity index (χ1v) is 10.8. The standard InChI is InChI=1S/C25H29N5/c1-18-22-16-25(28-23(22)7-9-26-18)21-6-8-27-24(15-21)20-5-3-4-19(14-20)17-30-12-10-29(2)11-13-30/h3-6,8,14-16,26,28H,1,7,9-13,17H2,2H3. The van der Waals surface area contributed by atoms with Crippen molar-refractivity contribution < 1.29 is 0 Å². The van der Waals surface area contributed by atoms with Gasteiger partial charge in [-0.15, -0.1) is 0 Å². The van der Waals surface area contributed by atoms with Crippen LogP contribution in [0.25, 0.3) is 28.2 Å². The molecule has 30 heavy (non-hydrogen) atoms. The molecule has 0 saturated carbocycles. The Labute approximate surface area is 178 Å². The van der Waals surface area contributed by atoms with Crippen LogP contribution in [0.15, 0.2) is 55.2 Å². The monoisotopic (exact) mass is 399 g/mol. The smallest absolute Gasteiger partial charge is 0.0708 e. The van der Waals surface area contributed by atoms with E-state index in [0.717, 1.165) is 68.3 Å². The lowest BCUT2D eigenvalue weighted by Crippen LogP contribution is -2.43. The molecule has 4 heterocycles. The van der Waals surface area contributed by atoms with Crippen molar-refractivity contribution in [3.63, 3.8) is 0 Å². The van der Waals surface area contributed by atoms with E-state index in [0.29, 0.717) is 0 Å². The van der Waals surface area contributed by atoms with Crippen molar-refractivity contribution in [3.05, 3.63) is 72.1 Å². The van der Waals surface area contributed by atoms with Crippen LogP contribution in [0.1, 0.15) is 16.8 Å². The minimum absolute atomic E-state index is 0.938. The van der Waals surface area contributed by atoms with Crippen molar-refractivity contribution in [3.8, 4) is 22.5 Å². The maximum absolute atomic E-state index is 4.67. The van der Waals surface area contributed by atoms with E-state index in [-0.39, 0.29) is 0 Å². The summed E-state index contributed by atoms with van der Waals surface area (Å²) in [7, 11) is 2.20. The van der Waals surface area contributed by atoms with Crippen LogP contribution in [-0.4, -0.2) is 59.5 Å². The molecule has 5 rings (SSSR count). The van der Waals surface area contributed by atoms with Crippen LogP contribution in [0.3, 0.4) is 0 Å². The van der Waals surface area contributed by atoms with E-state index in [1.165, 1.54) is 22.4 Å². The molecule has 5 heteroatoms. The van der Waals surface area contributed by atoms with Gasteiger partial charge in [0, 0.05) is 85.7 Å². The maximum Gasteiger partial charge on any atom is 0.0708 e. The van der Waals surface area contributed by atoms with Gasteiger partial charge in [0.25, 0.3) is 0 Å². The molecule has 3 aromatic rings. The van der Waals surface area contributed by atoms with Gasteiger partial charge in [0.1, 0.15) is 0 Å². The summed E-state index contributed by atoms with van der Waals surface area (Å²) in [5.74, 6) is 0. The van der Waals surface area contributed by atoms with Gasteiger partial charge in [0.2, 0.25) is 0 Å². The predicted molar refractivity (Wildman–Crippen MR) is 123 cm³/mol. The number of fused-ring (bicyclic) bond motifs is 1. The number of rotatable bonds is 4. The minimum Gasteiger partial charge on any atom is -0.385 e. The Kier molecular flexibility index (Phi) is 5.15. The average Bonchev–Trinajstić information content (AvgIpc) is 3.22. The van der Waals surface area contributed by atoms with Gasteiger partial charge in [-0.3, -0.25) is 9.88 Å². The van der Waals surface area contributed by atoms with Gasteiger partial charge in [-0.2, -0.15) is 0 Å². The van der Waals surface area contributed by atoms with Gasteiger partial charge in [-0.05, 0) is 36.9 Å². The van der Waals surface area contributed by atoms with Gasteiger partial charge in [-0.1, -0.05) is 24.8 Å². The van der Waals surface area contributed by atoms with E-state index in [1.54, 1.807) is 0 Å². The highest BCUT2D eigenvalue weighted by molar-refractivity contribution is 5.75. The highest BCUT2D eigenvalue weighted by Gasteiger charge is 2.17. The molecule has 5 nitrogen and oxygen atoms in total. The molecule has 2 N–H and O–H groups in total. The molecule has 0 bridgehead atoms. The van der Waals surface area contributed by atoms with Crippen LogP contribution < -0.4 is 5.32 Å². The lowest BCUT2D eigenvalue weighted by atomic mass is 10.0. The highest BCUT2D eigenvalue weighted by Crippen LogP contribution is 2.29. The third-order valence-corrected chi connectivity index (χ3v) is 6.23. The normalized spacial score (nSPS) is 17.6. The summed E-state index contributed by atoms with van der Waals surface area (Å²) < 4.78 is 0. The van der Waals surface area contributed by atoms with E-state index < -0.39 is 0 Å². The fraction of sp³-hybridized carbons (Fsp3) is 0.320. The first kappa shape index (κ1) is 19.1. The molecule has 1 fully saturated rings. The zero-order valence-electron chi connectivity index (χ0n) is 17.6. The van der Waals surface area contributed by atoms with Crippen molar-refractivity contribution in [2.75, 3.05) is 39.8 Å². The predicted octanol–water partition coefficient (Wildman–Crippen LogP) is 3.61. The largest absolute Gasteiger partial charge is 0.385 e. The zero-order chi connectivity index (χ0) is 20.5. The highest BCUT2D eigenvalue weighted by atomic mass is 15.2. The molecule has 0 atom stereocenters. The fourth-order valence-electron chi connectivity index (χ4n) is 4.40. The topological polar surface area (TPSA) is 47.2 Å². The second kappa shape index (κ2) is 8.09. The summed E-state index contributed by atoms with van der Waals surface area (Å²) in [4.78, 5) is 13.2. The molecule has 1 aromatic carbocycles. The Hall–Kier alpha value is -2.89. The van der Waals surface area contributed by atoms with E-state index in [9.17, 15) is 0 Å². The van der Waals surface area contributed by atoms with Gasteiger partial charge >= 0.3 is 0 Å². The Balaban J connectivity index is 1.39. The van der Waals surface area contributed by atoms with E-state index in [2.05, 4.69) is 81.2 Å². The van der Waals surface area contributed by atoms with Gasteiger partial charge in [0.05, 0.1) is 5.69 Å². The van der Waals surface area contributed by atoms with Crippen molar-refractivity contribution in [2.45, 2.75) is 13.0 Å². The third kappa shape index (κ3) is 3.91. The van der Waals surface area contributed by atoms with Gasteiger partial charge < -0.3 is 15.2 Å². The van der Waals surface area contributed by atoms with Gasteiger partial charge in [-0.25, -0.2) is 0 Å². The van der Waals surface area contributed by atoms with Crippen LogP contribution in [0.5, 0.6) is 0 Å². The first-order chi connectivity index (χ1) is 14.7. The third-order valence-electron chi connectivity index (χ3n) is 6.23. The van der Waals surface area contributed by atoms with Crippen LogP contribution in [0.2, 0.25) is 0 Å². The minimum atomic E-state index is 0.938. The number of piperazine rings is 1. The number of likely N-dealkylation sites (N-methyl/N-ethyl adjacent to an activating group) is 1. The average molecular weight is 400 g/mol. The van der Waals surface area contributed by atoms with E-state index >= 15 is 0 Å². The number of pyridine rings is 1. The number of nitrogens with one attached hydrogen (secondary N) is 2. The van der Waals surface area contributed by atoms with E-state index in [1.807, 2.05) is 6.20 Å². The summed E-state index contributed by atoms with van der Waals surface area (Å²) in [5.41, 5.74) is 9.29. The molecular formula is C25H29N5. The molecule has 0 radical (unpaired) electrons. The van der Waals surface area contributed by atoms with Crippen molar-refractivity contribution >= 4 is 5.70 Å². The first-order valence-electron chi connectivity index (χ1n) is 10.8. The second-order valence-corrected chi connectivity index (χ2v) is 8.44. The maximum atomic E-state index is 4.67. The van der Waals surface area contributed by atoms with Crippen LogP contribution in [0.4, 0.5) is 0 Å². The molecule has 0 unspecified atom stereocenters. The SMILES string of the molecule is C=C1NCCc2[nH]c(-c3ccnc(-c4cccc(CN5CCN(C)CC5)c4)c3)cc21. The molecule has 0 spiro atoms. The lowest BCUT2D eigenvalue weighted by molar-refractivity contribution is 0.148. The quantitative estimate of drug-likeness (QED) is 0.704. The van der Waals surface area contributed by atoms with Crippen molar-refractivity contribution in [1.82, 2.24) is 25.1 Å². The molecule has 0 amide bonds. The Bertz CT molecular complexity index is 1060. The van der Waals surface area contributed by atoms with Crippen LogP contribution >= 0.6 is 0 Å². The second-order valence-electron chi connectivity index (χ2n) is 8.44. The molecule has 0 aliphatic carbocycles. The number of H-pyrrole nitrogens is 1. The van der Waals surface area contributed by atoms with E-state index in [4.69, 9.17) is 0 Å². The van der Waals surface area contributed by atoms with Crippen LogP contribution in [-0.2, 0) is 13.0 Å². The summed E-state index contributed by atoms with van der Waals surface area (Å²) in [6.07, 6.45) is 2.91. The number of benzene rings is 1. The number of hydrogen-bond acceptors (Lipinski definition) is 4. The number of hydrogen-bond donors (Lipinski definition) is 2. The molecule has 2 aliphatic heterocycles. The molecular weight excluding hydrogens is 370 g/mol. The fourth-order valence-corrected chi connectivity index (χ4v) is 4.40. The Morgan fingerprint density at radius 3 is 2.73 bits per heavy atom. The number of nitrogens with zero attached hydrogens (tertiary/aromatic N) is 3. The zero-order valence-corrected chi connectivity index (χ0v) is 17.6. The van der Waals surface area contributed by atoms with Crippen molar-refractivity contribution in [2.24, 2.45) is 0 Å². The lowest BCUT2D eigenvalue weighted by Gasteiger charge is -2.32. The van der Waals surface area contributed by atoms with Crippen molar-refractivity contribution in [1.29, 1.82) is 0 Å². The number of aromatic amines is 1.